The summed E-state index contributed by atoms with van der Waals surface area (Å²) >= 11 is 5.98. The van der Waals surface area contributed by atoms with Crippen LogP contribution in [0.25, 0.3) is 0 Å². The van der Waals surface area contributed by atoms with Crippen LogP contribution < -0.4 is 0 Å². The molecule has 16 heavy (non-hydrogen) atoms. The van der Waals surface area contributed by atoms with Crippen molar-refractivity contribution in [1.82, 2.24) is 9.78 Å². The molecule has 4 nitrogen and oxygen atoms in total. The number of aromatic nitrogens is 2. The van der Waals surface area contributed by atoms with Gasteiger partial charge in [-0.2, -0.15) is 5.10 Å². The molecule has 2 atom stereocenters. The molecule has 0 fully saturated rings. The highest BCUT2D eigenvalue weighted by Crippen LogP contribution is 2.32. The minimum absolute atomic E-state index is 0.398. The highest BCUT2D eigenvalue weighted by atomic mass is 35.5. The predicted octanol–water partition coefficient (Wildman–Crippen LogP) is 2.14. The van der Waals surface area contributed by atoms with Gasteiger partial charge < -0.3 is 10.2 Å². The second-order valence-corrected chi connectivity index (χ2v) is 4.62. The summed E-state index contributed by atoms with van der Waals surface area (Å²) in [6.45, 7) is 6.11. The molecule has 0 amide bonds. The fourth-order valence-electron chi connectivity index (χ4n) is 1.52. The van der Waals surface area contributed by atoms with Crippen molar-refractivity contribution < 1.29 is 10.2 Å². The van der Waals surface area contributed by atoms with Crippen molar-refractivity contribution in [3.05, 3.63) is 16.9 Å². The molecule has 2 unspecified atom stereocenters. The molecular formula is C11H19ClN2O2. The topological polar surface area (TPSA) is 58.3 Å². The van der Waals surface area contributed by atoms with Crippen LogP contribution in [0.3, 0.4) is 0 Å². The number of aliphatic hydroxyl groups is 2. The van der Waals surface area contributed by atoms with Crippen molar-refractivity contribution in [2.75, 3.05) is 0 Å². The van der Waals surface area contributed by atoms with Crippen LogP contribution in [0.4, 0.5) is 0 Å². The fraction of sp³-hybridized carbons (Fsp3) is 0.727. The third-order valence-electron chi connectivity index (χ3n) is 2.83. The van der Waals surface area contributed by atoms with Gasteiger partial charge in [0.1, 0.15) is 6.10 Å². The molecule has 0 bridgehead atoms. The van der Waals surface area contributed by atoms with E-state index >= 15 is 0 Å². The van der Waals surface area contributed by atoms with Crippen LogP contribution in [-0.4, -0.2) is 25.6 Å². The Kier molecular flexibility index (Phi) is 4.35. The molecule has 0 spiro atoms. The maximum atomic E-state index is 10.1. The molecule has 0 saturated carbocycles. The Hall–Kier alpha value is -0.580. The molecule has 5 heteroatoms. The minimum Gasteiger partial charge on any atom is -0.387 e. The van der Waals surface area contributed by atoms with Gasteiger partial charge in [-0.05, 0) is 19.8 Å². The third-order valence-corrected chi connectivity index (χ3v) is 3.12. The van der Waals surface area contributed by atoms with Gasteiger partial charge in [0.2, 0.25) is 0 Å². The van der Waals surface area contributed by atoms with Crippen molar-refractivity contribution in [1.29, 1.82) is 0 Å². The van der Waals surface area contributed by atoms with Gasteiger partial charge in [0.05, 0.1) is 22.5 Å². The zero-order valence-corrected chi connectivity index (χ0v) is 10.7. The standard InChI is InChI=1S/C11H19ClN2O2/c1-4-6-14-9(8(12)7-13-14)10(15)11(3,16)5-2/h7,10,15-16H,4-6H2,1-3H3. The molecule has 0 aromatic carbocycles. The molecular weight excluding hydrogens is 228 g/mol. The van der Waals surface area contributed by atoms with E-state index in [0.717, 1.165) is 6.42 Å². The first-order valence-corrected chi connectivity index (χ1v) is 5.93. The first-order chi connectivity index (χ1) is 7.44. The van der Waals surface area contributed by atoms with E-state index in [1.54, 1.807) is 11.6 Å². The average molecular weight is 247 g/mol. The van der Waals surface area contributed by atoms with Crippen molar-refractivity contribution in [3.8, 4) is 0 Å². The molecule has 0 aliphatic carbocycles. The van der Waals surface area contributed by atoms with E-state index in [-0.39, 0.29) is 0 Å². The first-order valence-electron chi connectivity index (χ1n) is 5.55. The van der Waals surface area contributed by atoms with E-state index in [1.807, 2.05) is 13.8 Å². The SMILES string of the molecule is CCCn1ncc(Cl)c1C(O)C(C)(O)CC. The van der Waals surface area contributed by atoms with Crippen molar-refractivity contribution >= 4 is 11.6 Å². The molecule has 0 aliphatic rings. The summed E-state index contributed by atoms with van der Waals surface area (Å²) in [4.78, 5) is 0. The lowest BCUT2D eigenvalue weighted by Gasteiger charge is -2.28. The summed E-state index contributed by atoms with van der Waals surface area (Å²) in [6, 6.07) is 0. The lowest BCUT2D eigenvalue weighted by Crippen LogP contribution is -2.33. The molecule has 0 saturated heterocycles. The lowest BCUT2D eigenvalue weighted by molar-refractivity contribution is -0.0696. The van der Waals surface area contributed by atoms with Gasteiger partial charge >= 0.3 is 0 Å². The summed E-state index contributed by atoms with van der Waals surface area (Å²) < 4.78 is 1.65. The number of hydrogen-bond donors (Lipinski definition) is 2. The Morgan fingerprint density at radius 3 is 2.69 bits per heavy atom. The van der Waals surface area contributed by atoms with Crippen LogP contribution in [0.5, 0.6) is 0 Å². The van der Waals surface area contributed by atoms with Crippen LogP contribution in [0.2, 0.25) is 5.02 Å². The minimum atomic E-state index is -1.19. The number of aliphatic hydroxyl groups excluding tert-OH is 1. The van der Waals surface area contributed by atoms with Gasteiger partial charge in [-0.15, -0.1) is 0 Å². The van der Waals surface area contributed by atoms with E-state index in [9.17, 15) is 10.2 Å². The summed E-state index contributed by atoms with van der Waals surface area (Å²) in [5, 5.41) is 24.6. The Morgan fingerprint density at radius 1 is 1.56 bits per heavy atom. The molecule has 0 radical (unpaired) electrons. The van der Waals surface area contributed by atoms with Crippen molar-refractivity contribution in [2.24, 2.45) is 0 Å². The monoisotopic (exact) mass is 246 g/mol. The largest absolute Gasteiger partial charge is 0.387 e. The molecule has 0 aliphatic heterocycles. The summed E-state index contributed by atoms with van der Waals surface area (Å²) in [7, 11) is 0. The fourth-order valence-corrected chi connectivity index (χ4v) is 1.77. The predicted molar refractivity (Wildman–Crippen MR) is 63.4 cm³/mol. The summed E-state index contributed by atoms with van der Waals surface area (Å²) in [6.07, 6.45) is 1.83. The van der Waals surface area contributed by atoms with Gasteiger partial charge in [0.25, 0.3) is 0 Å². The van der Waals surface area contributed by atoms with E-state index in [0.29, 0.717) is 23.7 Å². The van der Waals surface area contributed by atoms with Crippen molar-refractivity contribution in [2.45, 2.75) is 51.9 Å². The normalized spacial score (nSPS) is 17.1. The Balaban J connectivity index is 3.06. The molecule has 1 aromatic heterocycles. The Bertz CT molecular complexity index is 350. The number of halogens is 1. The summed E-state index contributed by atoms with van der Waals surface area (Å²) in [5.74, 6) is 0. The van der Waals surface area contributed by atoms with Gasteiger partial charge in [-0.3, -0.25) is 4.68 Å². The number of aryl methyl sites for hydroxylation is 1. The zero-order valence-electron chi connectivity index (χ0n) is 9.94. The first kappa shape index (κ1) is 13.5. The van der Waals surface area contributed by atoms with Gasteiger partial charge in [-0.25, -0.2) is 0 Å². The van der Waals surface area contributed by atoms with Crippen LogP contribution in [0.15, 0.2) is 6.20 Å². The van der Waals surface area contributed by atoms with Crippen LogP contribution >= 0.6 is 11.6 Å². The van der Waals surface area contributed by atoms with Crippen molar-refractivity contribution in [3.63, 3.8) is 0 Å². The summed E-state index contributed by atoms with van der Waals surface area (Å²) in [5.41, 5.74) is -0.690. The van der Waals surface area contributed by atoms with Gasteiger partial charge in [-0.1, -0.05) is 25.4 Å². The quantitative estimate of drug-likeness (QED) is 0.837. The van der Waals surface area contributed by atoms with Crippen LogP contribution in [0.1, 0.15) is 45.4 Å². The van der Waals surface area contributed by atoms with Crippen LogP contribution in [0, 0.1) is 0 Å². The van der Waals surface area contributed by atoms with E-state index in [1.165, 1.54) is 6.20 Å². The molecule has 92 valence electrons. The highest BCUT2D eigenvalue weighted by Gasteiger charge is 2.33. The van der Waals surface area contributed by atoms with E-state index < -0.39 is 11.7 Å². The number of rotatable bonds is 5. The third kappa shape index (κ3) is 2.56. The maximum Gasteiger partial charge on any atom is 0.125 e. The Labute approximate surface area is 101 Å². The maximum absolute atomic E-state index is 10.1. The van der Waals surface area contributed by atoms with E-state index in [4.69, 9.17) is 11.6 Å². The van der Waals surface area contributed by atoms with Gasteiger partial charge in [0, 0.05) is 6.54 Å². The number of nitrogens with zero attached hydrogens (tertiary/aromatic N) is 2. The lowest BCUT2D eigenvalue weighted by atomic mass is 9.93. The molecule has 1 aromatic rings. The average Bonchev–Trinajstić information content (AvgIpc) is 2.59. The second-order valence-electron chi connectivity index (χ2n) is 4.21. The highest BCUT2D eigenvalue weighted by molar-refractivity contribution is 6.31. The second kappa shape index (κ2) is 5.17. The molecule has 1 heterocycles. The molecule has 2 N–H and O–H groups in total. The van der Waals surface area contributed by atoms with Crippen LogP contribution in [-0.2, 0) is 6.54 Å². The number of hydrogen-bond acceptors (Lipinski definition) is 3. The zero-order chi connectivity index (χ0) is 12.3. The smallest absolute Gasteiger partial charge is 0.125 e. The molecule has 1 rings (SSSR count). The Morgan fingerprint density at radius 2 is 2.19 bits per heavy atom. The van der Waals surface area contributed by atoms with E-state index in [2.05, 4.69) is 5.10 Å². The van der Waals surface area contributed by atoms with Gasteiger partial charge in [0.15, 0.2) is 0 Å².